The van der Waals surface area contributed by atoms with Gasteiger partial charge in [0.2, 0.25) is 0 Å². The van der Waals surface area contributed by atoms with Crippen LogP contribution in [-0.4, -0.2) is 23.8 Å². The number of rotatable bonds is 4. The van der Waals surface area contributed by atoms with E-state index in [1.165, 1.54) is 0 Å². The summed E-state index contributed by atoms with van der Waals surface area (Å²) in [5.74, 6) is -0.234. The Kier molecular flexibility index (Phi) is 3.44. The number of aliphatic imine (C=N–C) groups is 1. The molecule has 0 spiro atoms. The predicted octanol–water partition coefficient (Wildman–Crippen LogP) is 2.12. The Morgan fingerprint density at radius 2 is 2.21 bits per heavy atom. The van der Waals surface area contributed by atoms with E-state index >= 15 is 0 Å². The van der Waals surface area contributed by atoms with Crippen LogP contribution in [0, 0.1) is 0 Å². The molecule has 0 radical (unpaired) electrons. The Morgan fingerprint density at radius 1 is 1.50 bits per heavy atom. The van der Waals surface area contributed by atoms with E-state index in [9.17, 15) is 4.79 Å². The molecule has 0 fully saturated rings. The summed E-state index contributed by atoms with van der Waals surface area (Å²) in [5.41, 5.74) is 0.237. The van der Waals surface area contributed by atoms with Crippen molar-refractivity contribution in [1.82, 2.24) is 0 Å². The minimum atomic E-state index is -0.735. The minimum absolute atomic E-state index is 0.234. The minimum Gasteiger partial charge on any atom is -0.464 e. The van der Waals surface area contributed by atoms with Gasteiger partial charge in [-0.05, 0) is 31.9 Å². The zero-order valence-corrected chi connectivity index (χ0v) is 9.04. The quantitative estimate of drug-likeness (QED) is 0.644. The fraction of sp³-hybridized carbons (Fsp3) is 0.636. The van der Waals surface area contributed by atoms with Gasteiger partial charge in [-0.3, -0.25) is 4.99 Å². The lowest BCUT2D eigenvalue weighted by molar-refractivity contribution is -0.147. The molecule has 3 nitrogen and oxygen atoms in total. The number of hydrogen-bond donors (Lipinski definition) is 0. The Morgan fingerprint density at radius 3 is 2.64 bits per heavy atom. The van der Waals surface area contributed by atoms with Crippen LogP contribution >= 0.6 is 0 Å². The van der Waals surface area contributed by atoms with E-state index in [1.807, 2.05) is 32.9 Å². The highest BCUT2D eigenvalue weighted by Crippen LogP contribution is 2.25. The van der Waals surface area contributed by atoms with Crippen molar-refractivity contribution >= 4 is 11.7 Å². The molecule has 78 valence electrons. The molecular weight excluding hydrogens is 178 g/mol. The number of nitrogens with zero attached hydrogens (tertiary/aromatic N) is 1. The lowest BCUT2D eigenvalue weighted by atomic mass is 9.98. The Balaban J connectivity index is 2.85. The zero-order chi connectivity index (χ0) is 10.6. The lowest BCUT2D eigenvalue weighted by Crippen LogP contribution is -2.34. The summed E-state index contributed by atoms with van der Waals surface area (Å²) in [6.45, 7) is 6.19. The maximum absolute atomic E-state index is 11.7. The van der Waals surface area contributed by atoms with Gasteiger partial charge in [-0.15, -0.1) is 0 Å². The summed E-state index contributed by atoms with van der Waals surface area (Å²) in [6, 6.07) is 0. The van der Waals surface area contributed by atoms with Gasteiger partial charge in [0.25, 0.3) is 0 Å². The van der Waals surface area contributed by atoms with Crippen LogP contribution in [0.1, 0.15) is 33.6 Å². The topological polar surface area (TPSA) is 38.7 Å². The number of hydrogen-bond acceptors (Lipinski definition) is 3. The van der Waals surface area contributed by atoms with Crippen molar-refractivity contribution in [1.29, 1.82) is 0 Å². The average Bonchev–Trinajstić information content (AvgIpc) is 2.63. The molecule has 1 atom stereocenters. The fourth-order valence-corrected chi connectivity index (χ4v) is 1.47. The van der Waals surface area contributed by atoms with Crippen LogP contribution in [0.5, 0.6) is 0 Å². The maximum Gasteiger partial charge on any atom is 0.338 e. The fourth-order valence-electron chi connectivity index (χ4n) is 1.47. The number of esters is 1. The molecule has 0 N–H and O–H groups in total. The molecule has 1 rings (SSSR count). The first-order valence-electron chi connectivity index (χ1n) is 5.13. The van der Waals surface area contributed by atoms with Crippen molar-refractivity contribution < 1.29 is 9.53 Å². The van der Waals surface area contributed by atoms with E-state index in [-0.39, 0.29) is 5.97 Å². The van der Waals surface area contributed by atoms with Crippen LogP contribution in [-0.2, 0) is 9.53 Å². The third-order valence-corrected chi connectivity index (χ3v) is 2.42. The van der Waals surface area contributed by atoms with E-state index < -0.39 is 5.54 Å². The second kappa shape index (κ2) is 4.40. The molecule has 1 aliphatic heterocycles. The van der Waals surface area contributed by atoms with E-state index in [0.717, 1.165) is 12.1 Å². The first-order valence-corrected chi connectivity index (χ1v) is 5.13. The number of carbonyl (C=O) groups excluding carboxylic acids is 1. The summed E-state index contributed by atoms with van der Waals surface area (Å²) in [5, 5.41) is 0. The molecule has 0 aromatic heterocycles. The van der Waals surface area contributed by atoms with Crippen molar-refractivity contribution in [2.75, 3.05) is 6.61 Å². The van der Waals surface area contributed by atoms with E-state index in [1.54, 1.807) is 0 Å². The average molecular weight is 195 g/mol. The summed E-state index contributed by atoms with van der Waals surface area (Å²) < 4.78 is 5.02. The van der Waals surface area contributed by atoms with Crippen LogP contribution in [0.4, 0.5) is 0 Å². The van der Waals surface area contributed by atoms with Gasteiger partial charge in [0.15, 0.2) is 5.54 Å². The molecule has 1 heterocycles. The second-order valence-electron chi connectivity index (χ2n) is 3.29. The maximum atomic E-state index is 11.7. The molecule has 0 saturated carbocycles. The number of allylic oxidation sites excluding steroid dienone is 1. The normalized spacial score (nSPS) is 24.9. The smallest absolute Gasteiger partial charge is 0.338 e. The largest absolute Gasteiger partial charge is 0.464 e. The molecule has 0 saturated heterocycles. The molecule has 0 amide bonds. The summed E-state index contributed by atoms with van der Waals surface area (Å²) in [4.78, 5) is 16.1. The van der Waals surface area contributed by atoms with Crippen LogP contribution in [0.3, 0.4) is 0 Å². The SMILES string of the molecule is CCOC(=O)C1(CC)C=CC(CC)=N1. The Labute approximate surface area is 84.9 Å². The Bertz CT molecular complexity index is 281. The predicted molar refractivity (Wildman–Crippen MR) is 56.5 cm³/mol. The van der Waals surface area contributed by atoms with Crippen LogP contribution < -0.4 is 0 Å². The van der Waals surface area contributed by atoms with Crippen molar-refractivity contribution in [3.8, 4) is 0 Å². The van der Waals surface area contributed by atoms with Gasteiger partial charge >= 0.3 is 5.97 Å². The van der Waals surface area contributed by atoms with Gasteiger partial charge in [0, 0.05) is 5.71 Å². The van der Waals surface area contributed by atoms with E-state index in [2.05, 4.69) is 4.99 Å². The molecule has 14 heavy (non-hydrogen) atoms. The van der Waals surface area contributed by atoms with Gasteiger partial charge in [0.05, 0.1) is 6.61 Å². The first kappa shape index (κ1) is 11.0. The van der Waals surface area contributed by atoms with Gasteiger partial charge < -0.3 is 4.74 Å². The summed E-state index contributed by atoms with van der Waals surface area (Å²) >= 11 is 0. The Hall–Kier alpha value is -1.12. The van der Waals surface area contributed by atoms with Crippen molar-refractivity contribution in [3.05, 3.63) is 12.2 Å². The van der Waals surface area contributed by atoms with Crippen molar-refractivity contribution in [2.45, 2.75) is 39.2 Å². The highest BCUT2D eigenvalue weighted by atomic mass is 16.5. The molecule has 0 bridgehead atoms. The monoisotopic (exact) mass is 195 g/mol. The van der Waals surface area contributed by atoms with Crippen molar-refractivity contribution in [2.24, 2.45) is 4.99 Å². The molecule has 1 unspecified atom stereocenters. The molecule has 1 aliphatic rings. The third kappa shape index (κ3) is 1.86. The van der Waals surface area contributed by atoms with Crippen molar-refractivity contribution in [3.63, 3.8) is 0 Å². The van der Waals surface area contributed by atoms with Gasteiger partial charge in [-0.25, -0.2) is 4.79 Å². The van der Waals surface area contributed by atoms with Crippen LogP contribution in [0.15, 0.2) is 17.1 Å². The van der Waals surface area contributed by atoms with Crippen LogP contribution in [0.25, 0.3) is 0 Å². The lowest BCUT2D eigenvalue weighted by Gasteiger charge is -2.19. The highest BCUT2D eigenvalue weighted by Gasteiger charge is 2.37. The molecule has 3 heteroatoms. The third-order valence-electron chi connectivity index (χ3n) is 2.42. The van der Waals surface area contributed by atoms with E-state index in [4.69, 9.17) is 4.74 Å². The number of ether oxygens (including phenoxy) is 1. The first-order chi connectivity index (χ1) is 6.68. The van der Waals surface area contributed by atoms with E-state index in [0.29, 0.717) is 13.0 Å². The van der Waals surface area contributed by atoms with Crippen LogP contribution in [0.2, 0.25) is 0 Å². The summed E-state index contributed by atoms with van der Waals surface area (Å²) in [6.07, 6.45) is 5.29. The van der Waals surface area contributed by atoms with Gasteiger partial charge in [-0.2, -0.15) is 0 Å². The molecule has 0 aromatic rings. The summed E-state index contributed by atoms with van der Waals surface area (Å²) in [7, 11) is 0. The molecule has 0 aromatic carbocycles. The second-order valence-corrected chi connectivity index (χ2v) is 3.29. The highest BCUT2D eigenvalue weighted by molar-refractivity contribution is 6.02. The van der Waals surface area contributed by atoms with Gasteiger partial charge in [-0.1, -0.05) is 13.8 Å². The molecular formula is C11H17NO2. The van der Waals surface area contributed by atoms with Gasteiger partial charge in [0.1, 0.15) is 0 Å². The standard InChI is InChI=1S/C11H17NO2/c1-4-9-7-8-11(5-2,12-9)10(13)14-6-3/h7-8H,4-6H2,1-3H3. The number of carbonyl (C=O) groups is 1. The molecule has 0 aliphatic carbocycles. The zero-order valence-electron chi connectivity index (χ0n) is 9.04.